The zero-order valence-corrected chi connectivity index (χ0v) is 18.4. The smallest absolute Gasteiger partial charge is 0.310 e. The van der Waals surface area contributed by atoms with E-state index >= 15 is 0 Å². The molecule has 0 spiro atoms. The first-order chi connectivity index (χ1) is 15.4. The van der Waals surface area contributed by atoms with Crippen molar-refractivity contribution in [2.24, 2.45) is 0 Å². The molecule has 0 aliphatic carbocycles. The van der Waals surface area contributed by atoms with Crippen LogP contribution >= 0.6 is 11.6 Å². The van der Waals surface area contributed by atoms with Crippen LogP contribution in [0.4, 0.5) is 5.69 Å². The predicted octanol–water partition coefficient (Wildman–Crippen LogP) is 2.27. The van der Waals surface area contributed by atoms with Crippen LogP contribution in [-0.4, -0.2) is 51.3 Å². The molecule has 170 valence electrons. The highest BCUT2D eigenvalue weighted by Gasteiger charge is 2.18. The summed E-state index contributed by atoms with van der Waals surface area (Å²) in [4.78, 5) is 36.1. The van der Waals surface area contributed by atoms with E-state index in [1.54, 1.807) is 24.3 Å². The molecule has 9 nitrogen and oxygen atoms in total. The van der Waals surface area contributed by atoms with Gasteiger partial charge < -0.3 is 29.6 Å². The summed E-state index contributed by atoms with van der Waals surface area (Å²) < 4.78 is 21.1. The highest BCUT2D eigenvalue weighted by molar-refractivity contribution is 6.32. The lowest BCUT2D eigenvalue weighted by Crippen LogP contribution is -2.35. The molecule has 0 unspecified atom stereocenters. The Balaban J connectivity index is 1.43. The standard InChI is InChI=1S/C22H23ClN2O7/c1-13-3-4-17(29-2)16(7-13)25-19(26)11-24-20(27)12-32-21(28)10-14-8-15(23)22-18(9-14)30-5-6-31-22/h3-4,7-9H,5-6,10-12H2,1-2H3,(H,24,27)(H,25,26). The Bertz CT molecular complexity index is 1030. The van der Waals surface area contributed by atoms with Crippen LogP contribution in [-0.2, 0) is 25.5 Å². The van der Waals surface area contributed by atoms with Crippen molar-refractivity contribution < 1.29 is 33.3 Å². The van der Waals surface area contributed by atoms with Gasteiger partial charge in [0.1, 0.15) is 19.0 Å². The van der Waals surface area contributed by atoms with Gasteiger partial charge in [-0.25, -0.2) is 0 Å². The fourth-order valence-corrected chi connectivity index (χ4v) is 3.26. The highest BCUT2D eigenvalue weighted by atomic mass is 35.5. The first-order valence-corrected chi connectivity index (χ1v) is 10.2. The summed E-state index contributed by atoms with van der Waals surface area (Å²) in [6, 6.07) is 8.57. The second-order valence-corrected chi connectivity index (χ2v) is 7.38. The third-order valence-electron chi connectivity index (χ3n) is 4.44. The quantitative estimate of drug-likeness (QED) is 0.579. The lowest BCUT2D eigenvalue weighted by molar-refractivity contribution is -0.147. The van der Waals surface area contributed by atoms with E-state index in [0.717, 1.165) is 5.56 Å². The van der Waals surface area contributed by atoms with Crippen LogP contribution in [0.1, 0.15) is 11.1 Å². The zero-order chi connectivity index (χ0) is 23.1. The number of halogens is 1. The molecule has 0 fully saturated rings. The molecule has 0 saturated carbocycles. The molecular weight excluding hydrogens is 440 g/mol. The number of benzene rings is 2. The van der Waals surface area contributed by atoms with E-state index in [1.807, 2.05) is 13.0 Å². The van der Waals surface area contributed by atoms with E-state index in [0.29, 0.717) is 46.7 Å². The van der Waals surface area contributed by atoms with Gasteiger partial charge in [-0.3, -0.25) is 14.4 Å². The van der Waals surface area contributed by atoms with Crippen molar-refractivity contribution in [1.29, 1.82) is 0 Å². The maximum absolute atomic E-state index is 12.1. The van der Waals surface area contributed by atoms with Crippen molar-refractivity contribution in [2.45, 2.75) is 13.3 Å². The minimum Gasteiger partial charge on any atom is -0.495 e. The summed E-state index contributed by atoms with van der Waals surface area (Å²) in [5.74, 6) is -0.272. The molecule has 0 atom stereocenters. The number of aryl methyl sites for hydroxylation is 1. The van der Waals surface area contributed by atoms with Crippen molar-refractivity contribution >= 4 is 35.1 Å². The normalized spacial score (nSPS) is 12.0. The number of hydrogen-bond acceptors (Lipinski definition) is 7. The molecule has 1 aliphatic rings. The van der Waals surface area contributed by atoms with E-state index in [1.165, 1.54) is 7.11 Å². The molecule has 1 heterocycles. The number of rotatable bonds is 8. The first kappa shape index (κ1) is 23.2. The average Bonchev–Trinajstić information content (AvgIpc) is 2.76. The summed E-state index contributed by atoms with van der Waals surface area (Å²) in [6.07, 6.45) is -0.0999. The number of carbonyl (C=O) groups is 3. The summed E-state index contributed by atoms with van der Waals surface area (Å²) in [5, 5.41) is 5.39. The number of hydrogen-bond donors (Lipinski definition) is 2. The second-order valence-electron chi connectivity index (χ2n) is 6.97. The maximum atomic E-state index is 12.1. The third kappa shape index (κ3) is 6.27. The molecule has 2 aromatic rings. The Morgan fingerprint density at radius 3 is 2.66 bits per heavy atom. The molecule has 2 N–H and O–H groups in total. The topological polar surface area (TPSA) is 112 Å². The third-order valence-corrected chi connectivity index (χ3v) is 4.73. The fraction of sp³-hybridized carbons (Fsp3) is 0.318. The van der Waals surface area contributed by atoms with Gasteiger partial charge in [0.25, 0.3) is 5.91 Å². The van der Waals surface area contributed by atoms with Crippen molar-refractivity contribution in [1.82, 2.24) is 5.32 Å². The Kier molecular flexibility index (Phi) is 7.77. The van der Waals surface area contributed by atoms with Crippen LogP contribution in [0.5, 0.6) is 17.2 Å². The van der Waals surface area contributed by atoms with E-state index in [2.05, 4.69) is 10.6 Å². The summed E-state index contributed by atoms with van der Waals surface area (Å²) in [6.45, 7) is 1.87. The van der Waals surface area contributed by atoms with Gasteiger partial charge in [-0.2, -0.15) is 0 Å². The number of fused-ring (bicyclic) bond motifs is 1. The van der Waals surface area contributed by atoms with E-state index in [4.69, 9.17) is 30.5 Å². The van der Waals surface area contributed by atoms with Gasteiger partial charge >= 0.3 is 5.97 Å². The minimum atomic E-state index is -0.623. The lowest BCUT2D eigenvalue weighted by atomic mass is 10.1. The van der Waals surface area contributed by atoms with Gasteiger partial charge in [-0.1, -0.05) is 17.7 Å². The van der Waals surface area contributed by atoms with Crippen molar-refractivity contribution in [3.63, 3.8) is 0 Å². The van der Waals surface area contributed by atoms with Crippen LogP contribution in [0.25, 0.3) is 0 Å². The predicted molar refractivity (Wildman–Crippen MR) is 116 cm³/mol. The van der Waals surface area contributed by atoms with Gasteiger partial charge in [0.2, 0.25) is 5.91 Å². The van der Waals surface area contributed by atoms with E-state index < -0.39 is 24.4 Å². The van der Waals surface area contributed by atoms with Gasteiger partial charge in [-0.05, 0) is 42.3 Å². The highest BCUT2D eigenvalue weighted by Crippen LogP contribution is 2.38. The number of nitrogens with one attached hydrogen (secondary N) is 2. The monoisotopic (exact) mass is 462 g/mol. The van der Waals surface area contributed by atoms with E-state index in [9.17, 15) is 14.4 Å². The largest absolute Gasteiger partial charge is 0.495 e. The molecule has 0 radical (unpaired) electrons. The average molecular weight is 463 g/mol. The Morgan fingerprint density at radius 1 is 1.09 bits per heavy atom. The van der Waals surface area contributed by atoms with Crippen LogP contribution in [0.2, 0.25) is 5.02 Å². The molecule has 2 aromatic carbocycles. The molecule has 10 heteroatoms. The van der Waals surface area contributed by atoms with Gasteiger partial charge in [-0.15, -0.1) is 0 Å². The zero-order valence-electron chi connectivity index (χ0n) is 17.7. The Hall–Kier alpha value is -3.46. The van der Waals surface area contributed by atoms with Gasteiger partial charge in [0.05, 0.1) is 30.8 Å². The van der Waals surface area contributed by atoms with Crippen LogP contribution in [0.3, 0.4) is 0 Å². The molecule has 32 heavy (non-hydrogen) atoms. The Morgan fingerprint density at radius 2 is 1.88 bits per heavy atom. The van der Waals surface area contributed by atoms with Crippen molar-refractivity contribution in [3.8, 4) is 17.2 Å². The van der Waals surface area contributed by atoms with Crippen LogP contribution in [0, 0.1) is 6.92 Å². The molecule has 1 aliphatic heterocycles. The lowest BCUT2D eigenvalue weighted by Gasteiger charge is -2.20. The summed E-state index contributed by atoms with van der Waals surface area (Å²) >= 11 is 6.15. The van der Waals surface area contributed by atoms with Gasteiger partial charge in [0, 0.05) is 0 Å². The number of amides is 2. The molecule has 2 amide bonds. The number of ether oxygens (including phenoxy) is 4. The van der Waals surface area contributed by atoms with Crippen LogP contribution < -0.4 is 24.8 Å². The fourth-order valence-electron chi connectivity index (χ4n) is 2.97. The number of carbonyl (C=O) groups excluding carboxylic acids is 3. The molecular formula is C22H23ClN2O7. The molecule has 3 rings (SSSR count). The van der Waals surface area contributed by atoms with Crippen molar-refractivity contribution in [2.75, 3.05) is 38.8 Å². The first-order valence-electron chi connectivity index (χ1n) is 9.80. The second kappa shape index (κ2) is 10.7. The maximum Gasteiger partial charge on any atom is 0.310 e. The van der Waals surface area contributed by atoms with Crippen molar-refractivity contribution in [3.05, 3.63) is 46.5 Å². The SMILES string of the molecule is COc1ccc(C)cc1NC(=O)CNC(=O)COC(=O)Cc1cc(Cl)c2c(c1)OCCO2. The van der Waals surface area contributed by atoms with E-state index in [-0.39, 0.29) is 13.0 Å². The number of esters is 1. The summed E-state index contributed by atoms with van der Waals surface area (Å²) in [7, 11) is 1.50. The number of methoxy groups -OCH3 is 1. The Labute approximate surface area is 189 Å². The van der Waals surface area contributed by atoms with Gasteiger partial charge in [0.15, 0.2) is 18.1 Å². The summed E-state index contributed by atoms with van der Waals surface area (Å²) in [5.41, 5.74) is 2.00. The molecule has 0 saturated heterocycles. The van der Waals surface area contributed by atoms with Crippen LogP contribution in [0.15, 0.2) is 30.3 Å². The molecule has 0 bridgehead atoms. The minimum absolute atomic E-state index is 0.0999. The number of anilines is 1. The molecule has 0 aromatic heterocycles.